The lowest BCUT2D eigenvalue weighted by Crippen LogP contribution is -2.21. The van der Waals surface area contributed by atoms with Crippen molar-refractivity contribution in [1.29, 1.82) is 0 Å². The Morgan fingerprint density at radius 2 is 1.83 bits per heavy atom. The second-order valence-electron chi connectivity index (χ2n) is 6.27. The molecule has 10 heteroatoms. The molecule has 0 radical (unpaired) electrons. The summed E-state index contributed by atoms with van der Waals surface area (Å²) in [6.07, 6.45) is 0. The highest BCUT2D eigenvalue weighted by Crippen LogP contribution is 2.20. The molecular formula is C20H19ClFN5O3. The third-order valence-electron chi connectivity index (χ3n) is 4.12. The number of hydrogen-bond donors (Lipinski definition) is 2. The molecule has 0 atom stereocenters. The summed E-state index contributed by atoms with van der Waals surface area (Å²) < 4.78 is 19.9. The number of nitrogens with zero attached hydrogens (tertiary/aromatic N) is 3. The molecule has 30 heavy (non-hydrogen) atoms. The van der Waals surface area contributed by atoms with Gasteiger partial charge in [-0.2, -0.15) is 0 Å². The average molecular weight is 432 g/mol. The summed E-state index contributed by atoms with van der Waals surface area (Å²) in [7, 11) is 0. The standard InChI is InChI=1S/C20H19ClFN5O3/c1-3-30-15-7-4-13(5-8-15)24-20(29)19-12(2)27(26-25-19)11-18(28)23-14-6-9-17(22)16(21)10-14/h4-10H,3,11H2,1-2H3,(H,23,28)(H,24,29). The molecule has 8 nitrogen and oxygen atoms in total. The molecule has 0 unspecified atom stereocenters. The fourth-order valence-electron chi connectivity index (χ4n) is 2.62. The topological polar surface area (TPSA) is 98.1 Å². The highest BCUT2D eigenvalue weighted by molar-refractivity contribution is 6.31. The number of amides is 2. The van der Waals surface area contributed by atoms with E-state index in [2.05, 4.69) is 20.9 Å². The molecule has 3 aromatic rings. The zero-order chi connectivity index (χ0) is 21.7. The average Bonchev–Trinajstić information content (AvgIpc) is 3.07. The van der Waals surface area contributed by atoms with Crippen LogP contribution in [0.3, 0.4) is 0 Å². The van der Waals surface area contributed by atoms with Gasteiger partial charge in [0, 0.05) is 11.4 Å². The molecule has 2 N–H and O–H groups in total. The number of nitrogens with one attached hydrogen (secondary N) is 2. The lowest BCUT2D eigenvalue weighted by atomic mass is 10.2. The molecule has 0 bridgehead atoms. The van der Waals surface area contributed by atoms with Crippen molar-refractivity contribution < 1.29 is 18.7 Å². The van der Waals surface area contributed by atoms with Crippen LogP contribution in [0.5, 0.6) is 5.75 Å². The summed E-state index contributed by atoms with van der Waals surface area (Å²) in [6, 6.07) is 10.8. The van der Waals surface area contributed by atoms with E-state index in [1.54, 1.807) is 31.2 Å². The monoisotopic (exact) mass is 431 g/mol. The number of hydrogen-bond acceptors (Lipinski definition) is 5. The second kappa shape index (κ2) is 9.36. The van der Waals surface area contributed by atoms with Crippen LogP contribution in [0, 0.1) is 12.7 Å². The lowest BCUT2D eigenvalue weighted by molar-refractivity contribution is -0.117. The van der Waals surface area contributed by atoms with Crippen LogP contribution in [0.4, 0.5) is 15.8 Å². The SMILES string of the molecule is CCOc1ccc(NC(=O)c2nnn(CC(=O)Nc3ccc(F)c(Cl)c3)c2C)cc1. The Hall–Kier alpha value is -3.46. The van der Waals surface area contributed by atoms with E-state index in [0.29, 0.717) is 29.4 Å². The lowest BCUT2D eigenvalue weighted by Gasteiger charge is -2.08. The zero-order valence-electron chi connectivity index (χ0n) is 16.3. The maximum absolute atomic E-state index is 13.2. The van der Waals surface area contributed by atoms with Crippen molar-refractivity contribution in [2.75, 3.05) is 17.2 Å². The summed E-state index contributed by atoms with van der Waals surface area (Å²) in [5, 5.41) is 13.0. The number of aromatic nitrogens is 3. The van der Waals surface area contributed by atoms with E-state index >= 15 is 0 Å². The van der Waals surface area contributed by atoms with E-state index in [4.69, 9.17) is 16.3 Å². The van der Waals surface area contributed by atoms with Gasteiger partial charge in [-0.1, -0.05) is 16.8 Å². The third kappa shape index (κ3) is 5.12. The maximum atomic E-state index is 13.2. The van der Waals surface area contributed by atoms with Crippen LogP contribution >= 0.6 is 11.6 Å². The second-order valence-corrected chi connectivity index (χ2v) is 6.68. The predicted octanol–water partition coefficient (Wildman–Crippen LogP) is 3.67. The zero-order valence-corrected chi connectivity index (χ0v) is 17.0. The number of carbonyl (C=O) groups excluding carboxylic acids is 2. The Morgan fingerprint density at radius 1 is 1.13 bits per heavy atom. The number of benzene rings is 2. The van der Waals surface area contributed by atoms with Gasteiger partial charge >= 0.3 is 0 Å². The van der Waals surface area contributed by atoms with Crippen LogP contribution in [0.2, 0.25) is 5.02 Å². The highest BCUT2D eigenvalue weighted by atomic mass is 35.5. The van der Waals surface area contributed by atoms with Crippen molar-refractivity contribution in [1.82, 2.24) is 15.0 Å². The van der Waals surface area contributed by atoms with Gasteiger partial charge in [0.15, 0.2) is 5.69 Å². The van der Waals surface area contributed by atoms with Gasteiger partial charge in [-0.15, -0.1) is 5.10 Å². The smallest absolute Gasteiger partial charge is 0.278 e. The van der Waals surface area contributed by atoms with Gasteiger partial charge in [-0.05, 0) is 56.3 Å². The first-order valence-corrected chi connectivity index (χ1v) is 9.44. The molecule has 156 valence electrons. The number of halogens is 2. The van der Waals surface area contributed by atoms with E-state index in [0.717, 1.165) is 6.07 Å². The Labute approximate surface area is 177 Å². The predicted molar refractivity (Wildman–Crippen MR) is 110 cm³/mol. The fourth-order valence-corrected chi connectivity index (χ4v) is 2.80. The molecule has 0 saturated heterocycles. The number of rotatable bonds is 7. The van der Waals surface area contributed by atoms with Crippen molar-refractivity contribution in [2.45, 2.75) is 20.4 Å². The number of anilines is 2. The minimum atomic E-state index is -0.579. The molecule has 0 aliphatic heterocycles. The first kappa shape index (κ1) is 21.3. The molecule has 2 amide bonds. The van der Waals surface area contributed by atoms with E-state index in [1.807, 2.05) is 6.92 Å². The molecule has 0 saturated carbocycles. The van der Waals surface area contributed by atoms with Crippen LogP contribution in [0.15, 0.2) is 42.5 Å². The third-order valence-corrected chi connectivity index (χ3v) is 4.41. The van der Waals surface area contributed by atoms with Gasteiger partial charge < -0.3 is 15.4 Å². The van der Waals surface area contributed by atoms with Gasteiger partial charge in [-0.3, -0.25) is 9.59 Å². The normalized spacial score (nSPS) is 10.5. The summed E-state index contributed by atoms with van der Waals surface area (Å²) >= 11 is 5.71. The summed E-state index contributed by atoms with van der Waals surface area (Å²) in [6.45, 7) is 3.89. The molecular weight excluding hydrogens is 413 g/mol. The van der Waals surface area contributed by atoms with Gasteiger partial charge in [0.05, 0.1) is 17.3 Å². The quantitative estimate of drug-likeness (QED) is 0.594. The molecule has 3 rings (SSSR count). The molecule has 0 fully saturated rings. The van der Waals surface area contributed by atoms with Gasteiger partial charge in [0.2, 0.25) is 5.91 Å². The van der Waals surface area contributed by atoms with Gasteiger partial charge in [-0.25, -0.2) is 9.07 Å². The number of ether oxygens (including phenoxy) is 1. The van der Waals surface area contributed by atoms with Crippen molar-refractivity contribution in [3.05, 3.63) is 64.7 Å². The van der Waals surface area contributed by atoms with Gasteiger partial charge in [0.25, 0.3) is 5.91 Å². The van der Waals surface area contributed by atoms with Crippen molar-refractivity contribution in [3.8, 4) is 5.75 Å². The molecule has 0 aliphatic rings. The number of carbonyl (C=O) groups is 2. The Balaban J connectivity index is 1.63. The summed E-state index contributed by atoms with van der Waals surface area (Å²) in [5.41, 5.74) is 1.44. The first-order valence-electron chi connectivity index (χ1n) is 9.06. The summed E-state index contributed by atoms with van der Waals surface area (Å²) in [5.74, 6) is -0.756. The Bertz CT molecular complexity index is 1070. The van der Waals surface area contributed by atoms with E-state index in [-0.39, 0.29) is 17.3 Å². The van der Waals surface area contributed by atoms with Crippen molar-refractivity contribution in [2.24, 2.45) is 0 Å². The fraction of sp³-hybridized carbons (Fsp3) is 0.200. The highest BCUT2D eigenvalue weighted by Gasteiger charge is 2.18. The molecule has 2 aromatic carbocycles. The van der Waals surface area contributed by atoms with E-state index in [9.17, 15) is 14.0 Å². The first-order chi connectivity index (χ1) is 14.4. The maximum Gasteiger partial charge on any atom is 0.278 e. The molecule has 0 spiro atoms. The molecule has 1 aromatic heterocycles. The van der Waals surface area contributed by atoms with Crippen molar-refractivity contribution in [3.63, 3.8) is 0 Å². The van der Waals surface area contributed by atoms with Crippen LogP contribution < -0.4 is 15.4 Å². The minimum absolute atomic E-state index is 0.0986. The molecule has 1 heterocycles. The summed E-state index contributed by atoms with van der Waals surface area (Å²) in [4.78, 5) is 24.7. The largest absolute Gasteiger partial charge is 0.494 e. The van der Waals surface area contributed by atoms with Gasteiger partial charge in [0.1, 0.15) is 18.1 Å². The molecule has 0 aliphatic carbocycles. The van der Waals surface area contributed by atoms with Crippen LogP contribution in [-0.2, 0) is 11.3 Å². The van der Waals surface area contributed by atoms with E-state index in [1.165, 1.54) is 16.8 Å². The Morgan fingerprint density at radius 3 is 2.50 bits per heavy atom. The van der Waals surface area contributed by atoms with E-state index < -0.39 is 17.6 Å². The van der Waals surface area contributed by atoms with Crippen LogP contribution in [0.25, 0.3) is 0 Å². The van der Waals surface area contributed by atoms with Crippen LogP contribution in [-0.4, -0.2) is 33.4 Å². The Kier molecular flexibility index (Phi) is 6.63. The minimum Gasteiger partial charge on any atom is -0.494 e. The van der Waals surface area contributed by atoms with Crippen molar-refractivity contribution >= 4 is 34.8 Å². The van der Waals surface area contributed by atoms with Crippen LogP contribution in [0.1, 0.15) is 23.1 Å².